The summed E-state index contributed by atoms with van der Waals surface area (Å²) in [5.41, 5.74) is -0.306. The molecule has 0 saturated heterocycles. The zero-order chi connectivity index (χ0) is 11.0. The number of nitro benzene ring substituents is 1. The van der Waals surface area contributed by atoms with E-state index in [-0.39, 0.29) is 22.1 Å². The monoisotopic (exact) mass is 205 g/mol. The highest BCUT2D eigenvalue weighted by atomic mass is 16.6. The van der Waals surface area contributed by atoms with E-state index < -0.39 is 4.92 Å². The van der Waals surface area contributed by atoms with Crippen LogP contribution in [0.25, 0.3) is 10.9 Å². The summed E-state index contributed by atoms with van der Waals surface area (Å²) >= 11 is 0. The third-order valence-electron chi connectivity index (χ3n) is 2.12. The maximum Gasteiger partial charge on any atom is 0.295 e. The fourth-order valence-corrected chi connectivity index (χ4v) is 1.37. The molecule has 0 amide bonds. The summed E-state index contributed by atoms with van der Waals surface area (Å²) in [6, 6.07) is 4.33. The van der Waals surface area contributed by atoms with Crippen molar-refractivity contribution in [2.24, 2.45) is 7.05 Å². The van der Waals surface area contributed by atoms with Gasteiger partial charge in [-0.25, -0.2) is 4.98 Å². The highest BCUT2D eigenvalue weighted by Gasteiger charge is 2.14. The van der Waals surface area contributed by atoms with Crippen LogP contribution in [0.3, 0.4) is 0 Å². The van der Waals surface area contributed by atoms with Gasteiger partial charge in [-0.05, 0) is 6.07 Å². The van der Waals surface area contributed by atoms with E-state index in [0.717, 1.165) is 0 Å². The van der Waals surface area contributed by atoms with Crippen molar-refractivity contribution in [2.45, 2.75) is 0 Å². The predicted octanol–water partition coefficient (Wildman–Crippen LogP) is 0.842. The van der Waals surface area contributed by atoms with E-state index in [2.05, 4.69) is 4.98 Å². The summed E-state index contributed by atoms with van der Waals surface area (Å²) in [5, 5.41) is 10.9. The maximum atomic E-state index is 11.6. The number of non-ortho nitro benzene ring substituents is 1. The molecule has 1 aromatic heterocycles. The van der Waals surface area contributed by atoms with E-state index in [9.17, 15) is 14.9 Å². The van der Waals surface area contributed by atoms with E-state index in [1.807, 2.05) is 0 Å². The van der Waals surface area contributed by atoms with Crippen LogP contribution < -0.4 is 5.56 Å². The van der Waals surface area contributed by atoms with Gasteiger partial charge in [-0.2, -0.15) is 0 Å². The second kappa shape index (κ2) is 3.16. The second-order valence-electron chi connectivity index (χ2n) is 3.09. The normalized spacial score (nSPS) is 10.5. The number of rotatable bonds is 1. The first kappa shape index (κ1) is 9.32. The van der Waals surface area contributed by atoms with Crippen molar-refractivity contribution in [3.8, 4) is 0 Å². The second-order valence-corrected chi connectivity index (χ2v) is 3.09. The molecule has 6 heteroatoms. The van der Waals surface area contributed by atoms with Crippen molar-refractivity contribution >= 4 is 16.6 Å². The standard InChI is InChI=1S/C9H7N3O3/c1-11-5-10-8-6(9(11)13)3-2-4-7(8)12(14)15/h2-5H,1H3. The van der Waals surface area contributed by atoms with Crippen LogP contribution in [0.2, 0.25) is 0 Å². The molecule has 2 aromatic rings. The number of hydrogen-bond acceptors (Lipinski definition) is 4. The molecule has 2 rings (SSSR count). The van der Waals surface area contributed by atoms with E-state index in [0.29, 0.717) is 0 Å². The fourth-order valence-electron chi connectivity index (χ4n) is 1.37. The largest absolute Gasteiger partial charge is 0.302 e. The van der Waals surface area contributed by atoms with Crippen molar-refractivity contribution in [1.29, 1.82) is 0 Å². The minimum atomic E-state index is -0.547. The van der Waals surface area contributed by atoms with Gasteiger partial charge in [0.15, 0.2) is 5.52 Å². The third-order valence-corrected chi connectivity index (χ3v) is 2.12. The Labute approximate surface area is 83.9 Å². The molecular weight excluding hydrogens is 198 g/mol. The number of nitro groups is 1. The maximum absolute atomic E-state index is 11.6. The molecule has 15 heavy (non-hydrogen) atoms. The van der Waals surface area contributed by atoms with Gasteiger partial charge >= 0.3 is 0 Å². The highest BCUT2D eigenvalue weighted by Crippen LogP contribution is 2.19. The fraction of sp³-hybridized carbons (Fsp3) is 0.111. The van der Waals surface area contributed by atoms with E-state index in [1.54, 1.807) is 7.05 Å². The van der Waals surface area contributed by atoms with Crippen molar-refractivity contribution in [1.82, 2.24) is 9.55 Å². The average molecular weight is 205 g/mol. The van der Waals surface area contributed by atoms with Gasteiger partial charge in [-0.15, -0.1) is 0 Å². The molecule has 0 fully saturated rings. The molecule has 0 spiro atoms. The van der Waals surface area contributed by atoms with Crippen LogP contribution in [0.5, 0.6) is 0 Å². The molecule has 0 radical (unpaired) electrons. The van der Waals surface area contributed by atoms with Crippen LogP contribution in [-0.2, 0) is 7.05 Å². The highest BCUT2D eigenvalue weighted by molar-refractivity contribution is 5.85. The molecule has 0 bridgehead atoms. The SMILES string of the molecule is Cn1cnc2c([N+](=O)[O-])cccc2c1=O. The summed E-state index contributed by atoms with van der Waals surface area (Å²) in [6.07, 6.45) is 1.28. The number of para-hydroxylation sites is 1. The molecule has 0 aliphatic heterocycles. The number of aryl methyl sites for hydroxylation is 1. The lowest BCUT2D eigenvalue weighted by Gasteiger charge is -2.00. The number of hydrogen-bond donors (Lipinski definition) is 0. The summed E-state index contributed by atoms with van der Waals surface area (Å²) < 4.78 is 1.28. The van der Waals surface area contributed by atoms with Crippen LogP contribution >= 0.6 is 0 Å². The van der Waals surface area contributed by atoms with Gasteiger partial charge < -0.3 is 4.57 Å². The van der Waals surface area contributed by atoms with Gasteiger partial charge in [0.25, 0.3) is 11.2 Å². The Morgan fingerprint density at radius 2 is 2.20 bits per heavy atom. The molecule has 0 atom stereocenters. The Morgan fingerprint density at radius 3 is 2.87 bits per heavy atom. The number of nitrogens with zero attached hydrogens (tertiary/aromatic N) is 3. The molecule has 76 valence electrons. The smallest absolute Gasteiger partial charge is 0.295 e. The Morgan fingerprint density at radius 1 is 1.47 bits per heavy atom. The molecular formula is C9H7N3O3. The zero-order valence-electron chi connectivity index (χ0n) is 7.88. The van der Waals surface area contributed by atoms with Gasteiger partial charge in [0.05, 0.1) is 16.6 Å². The lowest BCUT2D eigenvalue weighted by Crippen LogP contribution is -2.17. The summed E-state index contributed by atoms with van der Waals surface area (Å²) in [5.74, 6) is 0. The Kier molecular flexibility index (Phi) is 1.96. The van der Waals surface area contributed by atoms with E-state index in [4.69, 9.17) is 0 Å². The van der Waals surface area contributed by atoms with Crippen LogP contribution in [-0.4, -0.2) is 14.5 Å². The van der Waals surface area contributed by atoms with Crippen molar-refractivity contribution in [2.75, 3.05) is 0 Å². The first-order valence-electron chi connectivity index (χ1n) is 4.20. The molecule has 0 unspecified atom stereocenters. The molecule has 0 aliphatic rings. The Balaban J connectivity index is 2.96. The van der Waals surface area contributed by atoms with Gasteiger partial charge in [-0.3, -0.25) is 14.9 Å². The van der Waals surface area contributed by atoms with Gasteiger partial charge in [-0.1, -0.05) is 6.07 Å². The number of fused-ring (bicyclic) bond motifs is 1. The summed E-state index contributed by atoms with van der Waals surface area (Å²) in [7, 11) is 1.55. The quantitative estimate of drug-likeness (QED) is 0.510. The first-order valence-corrected chi connectivity index (χ1v) is 4.20. The van der Waals surface area contributed by atoms with Crippen LogP contribution in [0.4, 0.5) is 5.69 Å². The molecule has 1 heterocycles. The molecule has 0 saturated carbocycles. The zero-order valence-corrected chi connectivity index (χ0v) is 7.88. The van der Waals surface area contributed by atoms with Gasteiger partial charge in [0.1, 0.15) is 0 Å². The van der Waals surface area contributed by atoms with E-state index in [1.165, 1.54) is 29.1 Å². The first-order chi connectivity index (χ1) is 7.11. The molecule has 1 aromatic carbocycles. The number of aromatic nitrogens is 2. The summed E-state index contributed by atoms with van der Waals surface area (Å²) in [4.78, 5) is 25.6. The average Bonchev–Trinajstić information content (AvgIpc) is 2.23. The topological polar surface area (TPSA) is 78.0 Å². The van der Waals surface area contributed by atoms with E-state index >= 15 is 0 Å². The third kappa shape index (κ3) is 1.35. The Hall–Kier alpha value is -2.24. The van der Waals surface area contributed by atoms with Crippen LogP contribution in [0.1, 0.15) is 0 Å². The van der Waals surface area contributed by atoms with Gasteiger partial charge in [0, 0.05) is 13.1 Å². The molecule has 0 aliphatic carbocycles. The van der Waals surface area contributed by atoms with Crippen molar-refractivity contribution in [3.63, 3.8) is 0 Å². The van der Waals surface area contributed by atoms with Crippen LogP contribution in [0.15, 0.2) is 29.3 Å². The lowest BCUT2D eigenvalue weighted by molar-refractivity contribution is -0.383. The van der Waals surface area contributed by atoms with Crippen molar-refractivity contribution in [3.05, 3.63) is 45.0 Å². The molecule has 0 N–H and O–H groups in total. The minimum absolute atomic E-state index is 0.130. The Bertz CT molecular complexity index is 603. The molecule has 6 nitrogen and oxygen atoms in total. The summed E-state index contributed by atoms with van der Waals surface area (Å²) in [6.45, 7) is 0. The minimum Gasteiger partial charge on any atom is -0.302 e. The van der Waals surface area contributed by atoms with Gasteiger partial charge in [0.2, 0.25) is 0 Å². The lowest BCUT2D eigenvalue weighted by atomic mass is 10.2. The van der Waals surface area contributed by atoms with Crippen LogP contribution in [0, 0.1) is 10.1 Å². The van der Waals surface area contributed by atoms with Crippen molar-refractivity contribution < 1.29 is 4.92 Å². The number of benzene rings is 1. The predicted molar refractivity (Wildman–Crippen MR) is 53.6 cm³/mol.